The number of carbonyl (C=O) groups excluding carboxylic acids is 2. The molecule has 1 atom stereocenters. The van der Waals surface area contributed by atoms with E-state index in [0.717, 1.165) is 0 Å². The van der Waals surface area contributed by atoms with Gasteiger partial charge in [0.15, 0.2) is 11.8 Å². The number of carbonyl (C=O) groups is 2. The Morgan fingerprint density at radius 1 is 1.48 bits per heavy atom. The molecule has 21 heavy (non-hydrogen) atoms. The smallest absolute Gasteiger partial charge is 0.330 e. The second-order valence-corrected chi connectivity index (χ2v) is 4.86. The predicted octanol–water partition coefficient (Wildman–Crippen LogP) is 1.66. The van der Waals surface area contributed by atoms with Gasteiger partial charge in [-0.05, 0) is 25.1 Å². The number of methoxy groups -OCH3 is 1. The molecule has 2 rings (SSSR count). The fourth-order valence-electron chi connectivity index (χ4n) is 1.95. The Morgan fingerprint density at radius 3 is 2.81 bits per heavy atom. The molecule has 0 fully saturated rings. The maximum atomic E-state index is 12.2. The number of furan rings is 1. The van der Waals surface area contributed by atoms with Gasteiger partial charge in [0, 0.05) is 16.0 Å². The molecule has 1 heterocycles. The number of hydrogen-bond acceptors (Lipinski definition) is 5. The zero-order valence-corrected chi connectivity index (χ0v) is 12.2. The lowest BCUT2D eigenvalue weighted by atomic mass is 10.1. The second-order valence-electron chi connectivity index (χ2n) is 4.43. The van der Waals surface area contributed by atoms with E-state index in [1.165, 1.54) is 7.11 Å². The number of nitrogens with one attached hydrogen (secondary N) is 1. The van der Waals surface area contributed by atoms with E-state index in [0.29, 0.717) is 21.6 Å². The van der Waals surface area contributed by atoms with E-state index in [2.05, 4.69) is 10.1 Å². The van der Waals surface area contributed by atoms with Crippen LogP contribution in [0.25, 0.3) is 11.0 Å². The van der Waals surface area contributed by atoms with Gasteiger partial charge >= 0.3 is 5.97 Å². The topological polar surface area (TPSA) is 88.8 Å². The minimum absolute atomic E-state index is 0.0645. The molecule has 0 saturated carbocycles. The Labute approximate surface area is 125 Å². The van der Waals surface area contributed by atoms with E-state index in [1.807, 2.05) is 0 Å². The van der Waals surface area contributed by atoms with Crippen LogP contribution >= 0.6 is 11.6 Å². The fraction of sp³-hybridized carbons (Fsp3) is 0.286. The largest absolute Gasteiger partial charge is 0.467 e. The van der Waals surface area contributed by atoms with E-state index in [4.69, 9.17) is 21.1 Å². The van der Waals surface area contributed by atoms with Gasteiger partial charge in [-0.2, -0.15) is 0 Å². The zero-order valence-electron chi connectivity index (χ0n) is 11.5. The third kappa shape index (κ3) is 3.01. The maximum absolute atomic E-state index is 12.2. The lowest BCUT2D eigenvalue weighted by molar-refractivity contribution is -0.143. The summed E-state index contributed by atoms with van der Waals surface area (Å²) in [6.07, 6.45) is 0. The van der Waals surface area contributed by atoms with Gasteiger partial charge in [0.05, 0.1) is 13.7 Å². The average molecular weight is 312 g/mol. The number of fused-ring (bicyclic) bond motifs is 1. The van der Waals surface area contributed by atoms with Crippen molar-refractivity contribution in [2.75, 3.05) is 13.7 Å². The van der Waals surface area contributed by atoms with Gasteiger partial charge in [-0.1, -0.05) is 11.6 Å². The van der Waals surface area contributed by atoms with Gasteiger partial charge in [0.25, 0.3) is 5.91 Å². The first kappa shape index (κ1) is 15.3. The van der Waals surface area contributed by atoms with Crippen molar-refractivity contribution in [2.24, 2.45) is 0 Å². The average Bonchev–Trinajstić information content (AvgIpc) is 2.80. The summed E-state index contributed by atoms with van der Waals surface area (Å²) >= 11 is 5.91. The molecule has 0 saturated heterocycles. The number of amides is 1. The molecule has 0 aliphatic carbocycles. The number of aryl methyl sites for hydroxylation is 1. The summed E-state index contributed by atoms with van der Waals surface area (Å²) in [7, 11) is 1.17. The Hall–Kier alpha value is -2.05. The lowest BCUT2D eigenvalue weighted by Crippen LogP contribution is -2.44. The standard InChI is InChI=1S/C14H14ClNO5/c1-7-9-5-8(15)3-4-11(9)21-12(7)13(18)16-10(6-17)14(19)20-2/h3-5,10,17H,6H2,1-2H3,(H,16,18). The van der Waals surface area contributed by atoms with E-state index in [1.54, 1.807) is 25.1 Å². The molecule has 1 aromatic carbocycles. The Bertz CT molecular complexity index is 694. The third-order valence-corrected chi connectivity index (χ3v) is 3.31. The van der Waals surface area contributed by atoms with Crippen molar-refractivity contribution in [2.45, 2.75) is 13.0 Å². The van der Waals surface area contributed by atoms with Gasteiger partial charge in [0.1, 0.15) is 5.58 Å². The summed E-state index contributed by atoms with van der Waals surface area (Å²) in [6, 6.07) is 3.86. The van der Waals surface area contributed by atoms with Crippen LogP contribution in [-0.4, -0.2) is 36.7 Å². The highest BCUT2D eigenvalue weighted by Gasteiger charge is 2.25. The van der Waals surface area contributed by atoms with Crippen molar-refractivity contribution in [3.8, 4) is 0 Å². The number of benzene rings is 1. The summed E-state index contributed by atoms with van der Waals surface area (Å²) in [6.45, 7) is 1.15. The molecule has 2 aromatic rings. The van der Waals surface area contributed by atoms with Gasteiger partial charge in [-0.3, -0.25) is 4.79 Å². The summed E-state index contributed by atoms with van der Waals surface area (Å²) in [5.74, 6) is -1.28. The highest BCUT2D eigenvalue weighted by Crippen LogP contribution is 2.27. The number of hydrogen-bond donors (Lipinski definition) is 2. The van der Waals surface area contributed by atoms with E-state index in [9.17, 15) is 9.59 Å². The van der Waals surface area contributed by atoms with E-state index in [-0.39, 0.29) is 5.76 Å². The quantitative estimate of drug-likeness (QED) is 0.838. The van der Waals surface area contributed by atoms with Crippen molar-refractivity contribution in [1.29, 1.82) is 0 Å². The number of aliphatic hydroxyl groups is 1. The molecule has 0 radical (unpaired) electrons. The van der Waals surface area contributed by atoms with Crippen LogP contribution in [0.3, 0.4) is 0 Å². The van der Waals surface area contributed by atoms with Crippen LogP contribution in [-0.2, 0) is 9.53 Å². The Kier molecular flexibility index (Phi) is 4.50. The third-order valence-electron chi connectivity index (χ3n) is 3.08. The maximum Gasteiger partial charge on any atom is 0.330 e. The summed E-state index contributed by atoms with van der Waals surface area (Å²) in [5.41, 5.74) is 1.12. The number of aliphatic hydroxyl groups excluding tert-OH is 1. The summed E-state index contributed by atoms with van der Waals surface area (Å²) in [4.78, 5) is 23.5. The Balaban J connectivity index is 2.31. The van der Waals surface area contributed by atoms with Gasteiger partial charge in [-0.25, -0.2) is 4.79 Å². The van der Waals surface area contributed by atoms with Crippen LogP contribution < -0.4 is 5.32 Å². The molecule has 1 amide bonds. The normalized spacial score (nSPS) is 12.2. The number of esters is 1. The first-order chi connectivity index (χ1) is 9.97. The molecule has 0 aliphatic rings. The van der Waals surface area contributed by atoms with Crippen LogP contribution in [0.4, 0.5) is 0 Å². The fourth-order valence-corrected chi connectivity index (χ4v) is 2.13. The second kappa shape index (κ2) is 6.15. The molecule has 0 bridgehead atoms. The van der Waals surface area contributed by atoms with E-state index >= 15 is 0 Å². The van der Waals surface area contributed by atoms with Crippen molar-refractivity contribution in [1.82, 2.24) is 5.32 Å². The number of halogens is 1. The molecular formula is C14H14ClNO5. The van der Waals surface area contributed by atoms with Gasteiger partial charge in [-0.15, -0.1) is 0 Å². The van der Waals surface area contributed by atoms with Crippen molar-refractivity contribution >= 4 is 34.4 Å². The zero-order chi connectivity index (χ0) is 15.6. The minimum atomic E-state index is -1.14. The highest BCUT2D eigenvalue weighted by molar-refractivity contribution is 6.31. The van der Waals surface area contributed by atoms with Crippen LogP contribution in [0.1, 0.15) is 16.1 Å². The van der Waals surface area contributed by atoms with Crippen molar-refractivity contribution in [3.05, 3.63) is 34.5 Å². The van der Waals surface area contributed by atoms with Crippen LogP contribution in [0.5, 0.6) is 0 Å². The SMILES string of the molecule is COC(=O)C(CO)NC(=O)c1oc2ccc(Cl)cc2c1C. The van der Waals surface area contributed by atoms with Crippen LogP contribution in [0, 0.1) is 6.92 Å². The first-order valence-electron chi connectivity index (χ1n) is 6.16. The molecule has 7 heteroatoms. The predicted molar refractivity (Wildman–Crippen MR) is 76.3 cm³/mol. The van der Waals surface area contributed by atoms with Gasteiger partial charge < -0.3 is 19.6 Å². The minimum Gasteiger partial charge on any atom is -0.467 e. The highest BCUT2D eigenvalue weighted by atomic mass is 35.5. The molecule has 0 spiro atoms. The molecule has 1 aromatic heterocycles. The molecular weight excluding hydrogens is 298 g/mol. The van der Waals surface area contributed by atoms with Crippen LogP contribution in [0.2, 0.25) is 5.02 Å². The van der Waals surface area contributed by atoms with E-state index < -0.39 is 24.5 Å². The molecule has 0 aliphatic heterocycles. The van der Waals surface area contributed by atoms with Crippen LogP contribution in [0.15, 0.2) is 22.6 Å². The number of ether oxygens (including phenoxy) is 1. The van der Waals surface area contributed by atoms with Gasteiger partial charge in [0.2, 0.25) is 0 Å². The monoisotopic (exact) mass is 311 g/mol. The molecule has 112 valence electrons. The molecule has 2 N–H and O–H groups in total. The molecule has 6 nitrogen and oxygen atoms in total. The summed E-state index contributed by atoms with van der Waals surface area (Å²) < 4.78 is 9.95. The molecule has 1 unspecified atom stereocenters. The lowest BCUT2D eigenvalue weighted by Gasteiger charge is -2.12. The van der Waals surface area contributed by atoms with Crippen molar-refractivity contribution in [3.63, 3.8) is 0 Å². The van der Waals surface area contributed by atoms with Crippen molar-refractivity contribution < 1.29 is 23.8 Å². The Morgan fingerprint density at radius 2 is 2.19 bits per heavy atom. The first-order valence-corrected chi connectivity index (χ1v) is 6.54. The number of rotatable bonds is 4. The summed E-state index contributed by atoms with van der Waals surface area (Å²) in [5, 5.41) is 12.7.